The summed E-state index contributed by atoms with van der Waals surface area (Å²) in [6.45, 7) is -1.96. The highest BCUT2D eigenvalue weighted by molar-refractivity contribution is 5.94. The van der Waals surface area contributed by atoms with E-state index in [1.54, 1.807) is 6.08 Å². The first-order chi connectivity index (χ1) is 22.1. The van der Waals surface area contributed by atoms with E-state index in [0.29, 0.717) is 16.7 Å². The molecule has 1 heterocycles. The highest BCUT2D eigenvalue weighted by atomic mass is 19.4. The molecule has 0 saturated carbocycles. The number of halogens is 3. The van der Waals surface area contributed by atoms with E-state index in [1.165, 1.54) is 30.3 Å². The second-order valence-electron chi connectivity index (χ2n) is 10.5. The summed E-state index contributed by atoms with van der Waals surface area (Å²) in [6, 6.07) is 24.4. The molecule has 3 atom stereocenters. The van der Waals surface area contributed by atoms with Gasteiger partial charge in [0.05, 0.1) is 12.2 Å². The van der Waals surface area contributed by atoms with Crippen molar-refractivity contribution < 1.29 is 51.6 Å². The fourth-order valence-electron chi connectivity index (χ4n) is 5.21. The van der Waals surface area contributed by atoms with Gasteiger partial charge in [-0.05, 0) is 29.8 Å². The summed E-state index contributed by atoms with van der Waals surface area (Å²) in [6.07, 6.45) is -3.63. The average Bonchev–Trinajstić information content (AvgIpc) is 3.47. The number of carbonyl (C=O) groups is 3. The maximum Gasteiger partial charge on any atom is 0.422 e. The van der Waals surface area contributed by atoms with E-state index in [-0.39, 0.29) is 30.7 Å². The Labute approximate surface area is 262 Å². The Hall–Kier alpha value is -4.78. The zero-order chi connectivity index (χ0) is 32.7. The fraction of sp³-hybridized carbons (Fsp3) is 0.265. The molecule has 1 amide bonds. The van der Waals surface area contributed by atoms with Crippen LogP contribution in [0.1, 0.15) is 33.5 Å². The molecule has 2 aliphatic rings. The lowest BCUT2D eigenvalue weighted by Gasteiger charge is -2.31. The molecule has 46 heavy (non-hydrogen) atoms. The molecule has 0 aromatic heterocycles. The van der Waals surface area contributed by atoms with Gasteiger partial charge >= 0.3 is 18.1 Å². The number of hydrogen-bond donors (Lipinski definition) is 2. The molecule has 0 bridgehead atoms. The van der Waals surface area contributed by atoms with Crippen LogP contribution in [0.4, 0.5) is 13.2 Å². The van der Waals surface area contributed by atoms with Crippen LogP contribution in [0.2, 0.25) is 0 Å². The van der Waals surface area contributed by atoms with Gasteiger partial charge in [0.2, 0.25) is 11.7 Å². The molecule has 5 rings (SSSR count). The van der Waals surface area contributed by atoms with Crippen LogP contribution in [0, 0.1) is 0 Å². The van der Waals surface area contributed by atoms with Gasteiger partial charge in [0.25, 0.3) is 0 Å². The summed E-state index contributed by atoms with van der Waals surface area (Å²) in [5.41, 5.74) is 2.07. The molecule has 2 N–H and O–H groups in total. The molecule has 1 saturated heterocycles. The second-order valence-corrected chi connectivity index (χ2v) is 10.5. The number of fused-ring (bicyclic) bond motifs is 1. The SMILES string of the molecule is O=C(C=Cc1cccc(C(=O)OC2CC(C(=O)NCCO)=CC3OC(c4ccccc4)(c4ccccc4)OC32)c1)OCC(F)(F)F. The third-order valence-electron chi connectivity index (χ3n) is 7.25. The van der Waals surface area contributed by atoms with Crippen molar-refractivity contribution in [2.24, 2.45) is 0 Å². The zero-order valence-electron chi connectivity index (χ0n) is 24.3. The predicted molar refractivity (Wildman–Crippen MR) is 158 cm³/mol. The van der Waals surface area contributed by atoms with E-state index in [1.807, 2.05) is 60.7 Å². The minimum atomic E-state index is -4.66. The largest absolute Gasteiger partial charge is 0.456 e. The van der Waals surface area contributed by atoms with E-state index in [4.69, 9.17) is 14.2 Å². The van der Waals surface area contributed by atoms with Crippen LogP contribution in [0.15, 0.2) is 103 Å². The van der Waals surface area contributed by atoms with Gasteiger partial charge < -0.3 is 29.4 Å². The number of aliphatic hydroxyl groups is 1. The molecular formula is C34H30F3NO8. The van der Waals surface area contributed by atoms with E-state index >= 15 is 0 Å². The number of rotatable bonds is 10. The first kappa shape index (κ1) is 32.6. The monoisotopic (exact) mass is 637 g/mol. The summed E-state index contributed by atoms with van der Waals surface area (Å²) < 4.78 is 60.3. The summed E-state index contributed by atoms with van der Waals surface area (Å²) in [4.78, 5) is 38.1. The molecule has 9 nitrogen and oxygen atoms in total. The number of amides is 1. The van der Waals surface area contributed by atoms with Crippen molar-refractivity contribution in [2.75, 3.05) is 19.8 Å². The molecule has 0 radical (unpaired) electrons. The number of carbonyl (C=O) groups excluding carboxylic acids is 3. The molecule has 3 aromatic carbocycles. The van der Waals surface area contributed by atoms with Gasteiger partial charge in [-0.25, -0.2) is 9.59 Å². The first-order valence-corrected chi connectivity index (χ1v) is 14.4. The summed E-state index contributed by atoms with van der Waals surface area (Å²) in [7, 11) is 0. The Morgan fingerprint density at radius 3 is 2.26 bits per heavy atom. The molecule has 3 unspecified atom stereocenters. The number of benzene rings is 3. The highest BCUT2D eigenvalue weighted by Gasteiger charge is 2.55. The van der Waals surface area contributed by atoms with E-state index < -0.39 is 54.7 Å². The molecule has 12 heteroatoms. The van der Waals surface area contributed by atoms with Crippen molar-refractivity contribution in [3.8, 4) is 0 Å². The van der Waals surface area contributed by atoms with Crippen molar-refractivity contribution in [3.63, 3.8) is 0 Å². The van der Waals surface area contributed by atoms with Crippen LogP contribution >= 0.6 is 0 Å². The number of nitrogens with one attached hydrogen (secondary N) is 1. The standard InChI is InChI=1S/C34H30F3NO8/c35-33(36,37)21-43-29(40)15-14-22-8-7-9-23(18-22)32(42)44-27-19-24(31(41)38-16-17-39)20-28-30(27)46-34(45-28,25-10-3-1-4-11-25)26-12-5-2-6-13-26/h1-15,18,20,27-28,30,39H,16-17,19,21H2,(H,38,41). The molecule has 3 aromatic rings. The van der Waals surface area contributed by atoms with Gasteiger partial charge in [0.1, 0.15) is 18.3 Å². The Bertz CT molecular complexity index is 1570. The second kappa shape index (κ2) is 14.1. The van der Waals surface area contributed by atoms with E-state index in [2.05, 4.69) is 10.1 Å². The predicted octanol–water partition coefficient (Wildman–Crippen LogP) is 4.45. The number of hydrogen-bond acceptors (Lipinski definition) is 8. The van der Waals surface area contributed by atoms with Crippen LogP contribution in [0.5, 0.6) is 0 Å². The maximum absolute atomic E-state index is 13.4. The lowest BCUT2D eigenvalue weighted by Crippen LogP contribution is -2.43. The minimum absolute atomic E-state index is 0.0160. The number of alkyl halides is 3. The average molecular weight is 638 g/mol. The number of esters is 2. The highest BCUT2D eigenvalue weighted by Crippen LogP contribution is 2.47. The van der Waals surface area contributed by atoms with Crippen LogP contribution in [0.25, 0.3) is 6.08 Å². The van der Waals surface area contributed by atoms with Crippen LogP contribution in [-0.2, 0) is 34.3 Å². The number of aliphatic hydroxyl groups excluding tert-OH is 1. The van der Waals surface area contributed by atoms with Gasteiger partial charge in [-0.1, -0.05) is 72.8 Å². The van der Waals surface area contributed by atoms with Gasteiger partial charge in [-0.2, -0.15) is 13.2 Å². The van der Waals surface area contributed by atoms with Crippen LogP contribution < -0.4 is 5.32 Å². The molecule has 240 valence electrons. The Kier molecular flexibility index (Phi) is 10.0. The smallest absolute Gasteiger partial charge is 0.422 e. The molecule has 1 fully saturated rings. The van der Waals surface area contributed by atoms with Crippen molar-refractivity contribution in [1.82, 2.24) is 5.32 Å². The van der Waals surface area contributed by atoms with Crippen LogP contribution in [-0.4, -0.2) is 67.2 Å². The quantitative estimate of drug-likeness (QED) is 0.247. The van der Waals surface area contributed by atoms with Gasteiger partial charge in [-0.15, -0.1) is 0 Å². The fourth-order valence-corrected chi connectivity index (χ4v) is 5.21. The molecular weight excluding hydrogens is 607 g/mol. The lowest BCUT2D eigenvalue weighted by molar-refractivity contribution is -0.182. The summed E-state index contributed by atoms with van der Waals surface area (Å²) in [5.74, 6) is -3.81. The lowest BCUT2D eigenvalue weighted by atomic mass is 9.91. The Balaban J connectivity index is 1.41. The van der Waals surface area contributed by atoms with Crippen molar-refractivity contribution in [1.29, 1.82) is 0 Å². The first-order valence-electron chi connectivity index (χ1n) is 14.4. The number of ether oxygens (including phenoxy) is 4. The topological polar surface area (TPSA) is 120 Å². The van der Waals surface area contributed by atoms with Crippen molar-refractivity contribution in [2.45, 2.75) is 36.7 Å². The minimum Gasteiger partial charge on any atom is -0.456 e. The third-order valence-corrected chi connectivity index (χ3v) is 7.25. The summed E-state index contributed by atoms with van der Waals surface area (Å²) in [5, 5.41) is 11.8. The van der Waals surface area contributed by atoms with Gasteiger partial charge in [0.15, 0.2) is 6.61 Å². The molecule has 1 aliphatic carbocycles. The normalized spacial score (nSPS) is 20.4. The van der Waals surface area contributed by atoms with Gasteiger partial charge in [0, 0.05) is 35.7 Å². The zero-order valence-corrected chi connectivity index (χ0v) is 24.3. The molecule has 1 aliphatic heterocycles. The Morgan fingerprint density at radius 1 is 0.957 bits per heavy atom. The van der Waals surface area contributed by atoms with Gasteiger partial charge in [-0.3, -0.25) is 4.79 Å². The Morgan fingerprint density at radius 2 is 1.63 bits per heavy atom. The van der Waals surface area contributed by atoms with E-state index in [9.17, 15) is 32.7 Å². The van der Waals surface area contributed by atoms with E-state index in [0.717, 1.165) is 6.08 Å². The van der Waals surface area contributed by atoms with Crippen LogP contribution in [0.3, 0.4) is 0 Å². The van der Waals surface area contributed by atoms with Crippen molar-refractivity contribution in [3.05, 3.63) is 125 Å². The maximum atomic E-state index is 13.4. The third kappa shape index (κ3) is 7.71. The van der Waals surface area contributed by atoms with Crippen molar-refractivity contribution >= 4 is 23.9 Å². The molecule has 0 spiro atoms. The summed E-state index contributed by atoms with van der Waals surface area (Å²) >= 11 is 0.